The van der Waals surface area contributed by atoms with Gasteiger partial charge in [-0.1, -0.05) is 6.08 Å². The summed E-state index contributed by atoms with van der Waals surface area (Å²) in [6.07, 6.45) is 2.60. The van der Waals surface area contributed by atoms with Crippen LogP contribution >= 0.6 is 11.3 Å². The van der Waals surface area contributed by atoms with Gasteiger partial charge in [-0.2, -0.15) is 0 Å². The quantitative estimate of drug-likeness (QED) is 0.254. The van der Waals surface area contributed by atoms with E-state index in [4.69, 9.17) is 10.6 Å². The Kier molecular flexibility index (Phi) is 5.03. The third-order valence-electron chi connectivity index (χ3n) is 1.81. The van der Waals surface area contributed by atoms with Crippen LogP contribution in [0.5, 0.6) is 0 Å². The first-order valence-corrected chi connectivity index (χ1v) is 5.43. The molecule has 0 aliphatic heterocycles. The molecule has 0 aliphatic carbocycles. The highest BCUT2D eigenvalue weighted by Crippen LogP contribution is 2.17. The van der Waals surface area contributed by atoms with Crippen molar-refractivity contribution in [1.82, 2.24) is 5.43 Å². The van der Waals surface area contributed by atoms with E-state index in [9.17, 15) is 4.79 Å². The summed E-state index contributed by atoms with van der Waals surface area (Å²) in [4.78, 5) is 11.9. The highest BCUT2D eigenvalue weighted by Gasteiger charge is 2.11. The van der Waals surface area contributed by atoms with Crippen LogP contribution in [0.4, 0.5) is 0 Å². The number of carbonyl (C=O) groups excluding carboxylic acids is 1. The van der Waals surface area contributed by atoms with E-state index < -0.39 is 0 Å². The number of nitrogen functional groups attached to an aromatic ring is 1. The van der Waals surface area contributed by atoms with Crippen LogP contribution in [0.25, 0.3) is 0 Å². The number of rotatable bonds is 6. The molecule has 5 heteroatoms. The minimum Gasteiger partial charge on any atom is -0.376 e. The third-order valence-corrected chi connectivity index (χ3v) is 2.76. The number of ether oxygens (including phenoxy) is 1. The molecule has 0 radical (unpaired) electrons. The molecule has 1 aromatic heterocycles. The number of hydrogen-bond donors (Lipinski definition) is 2. The van der Waals surface area contributed by atoms with Gasteiger partial charge in [0.25, 0.3) is 5.91 Å². The normalized spacial score (nSPS) is 9.93. The van der Waals surface area contributed by atoms with E-state index in [1.54, 1.807) is 6.08 Å². The van der Waals surface area contributed by atoms with Crippen LogP contribution in [-0.2, 0) is 11.3 Å². The Bertz CT molecular complexity index is 336. The first kappa shape index (κ1) is 11.9. The maximum Gasteiger partial charge on any atom is 0.275 e. The highest BCUT2D eigenvalue weighted by atomic mass is 32.1. The number of hydrogen-bond acceptors (Lipinski definition) is 4. The van der Waals surface area contributed by atoms with Crippen molar-refractivity contribution in [3.63, 3.8) is 0 Å². The molecule has 1 rings (SSSR count). The molecule has 1 heterocycles. The molecule has 0 fully saturated rings. The molecule has 3 N–H and O–H groups in total. The maximum atomic E-state index is 11.3. The molecule has 0 aliphatic rings. The smallest absolute Gasteiger partial charge is 0.275 e. The van der Waals surface area contributed by atoms with Gasteiger partial charge in [0.15, 0.2) is 0 Å². The second-order valence-electron chi connectivity index (χ2n) is 2.88. The first-order valence-electron chi connectivity index (χ1n) is 4.55. The van der Waals surface area contributed by atoms with Gasteiger partial charge >= 0.3 is 0 Å². The van der Waals surface area contributed by atoms with Crippen LogP contribution in [0.3, 0.4) is 0 Å². The Morgan fingerprint density at radius 2 is 2.53 bits per heavy atom. The van der Waals surface area contributed by atoms with Crippen molar-refractivity contribution in [3.8, 4) is 0 Å². The molecule has 1 aromatic rings. The molecule has 4 nitrogen and oxygen atoms in total. The SMILES string of the molecule is C=CCCOCc1ccsc1C(=O)NN. The van der Waals surface area contributed by atoms with E-state index in [0.29, 0.717) is 18.1 Å². The molecule has 0 bridgehead atoms. The van der Waals surface area contributed by atoms with Crippen LogP contribution in [0.1, 0.15) is 21.7 Å². The van der Waals surface area contributed by atoms with Crippen molar-refractivity contribution in [2.45, 2.75) is 13.0 Å². The van der Waals surface area contributed by atoms with Crippen molar-refractivity contribution in [1.29, 1.82) is 0 Å². The molecule has 82 valence electrons. The molecule has 0 spiro atoms. The first-order chi connectivity index (χ1) is 7.29. The number of carbonyl (C=O) groups is 1. The zero-order chi connectivity index (χ0) is 11.1. The van der Waals surface area contributed by atoms with Gasteiger partial charge in [0.2, 0.25) is 0 Å². The van der Waals surface area contributed by atoms with Gasteiger partial charge in [0.05, 0.1) is 18.1 Å². The fraction of sp³-hybridized carbons (Fsp3) is 0.300. The van der Waals surface area contributed by atoms with Gasteiger partial charge in [-0.25, -0.2) is 5.84 Å². The average molecular weight is 226 g/mol. The summed E-state index contributed by atoms with van der Waals surface area (Å²) >= 11 is 1.35. The van der Waals surface area contributed by atoms with E-state index in [-0.39, 0.29) is 5.91 Å². The Hall–Kier alpha value is -1.17. The Labute approximate surface area is 92.7 Å². The number of amides is 1. The van der Waals surface area contributed by atoms with Crippen LogP contribution in [0.2, 0.25) is 0 Å². The Balaban J connectivity index is 2.50. The van der Waals surface area contributed by atoms with E-state index in [1.165, 1.54) is 11.3 Å². The third kappa shape index (κ3) is 3.47. The standard InChI is InChI=1S/C10H14N2O2S/c1-2-3-5-14-7-8-4-6-15-9(8)10(13)12-11/h2,4,6H,1,3,5,7,11H2,(H,12,13). The summed E-state index contributed by atoms with van der Waals surface area (Å²) < 4.78 is 5.37. The van der Waals surface area contributed by atoms with Gasteiger partial charge in [-0.05, 0) is 17.9 Å². The molecule has 0 saturated carbocycles. The lowest BCUT2D eigenvalue weighted by Crippen LogP contribution is -2.30. The molecule has 0 atom stereocenters. The molecule has 0 saturated heterocycles. The predicted octanol–water partition coefficient (Wildman–Crippen LogP) is 1.44. The van der Waals surface area contributed by atoms with Crippen molar-refractivity contribution in [2.24, 2.45) is 5.84 Å². The highest BCUT2D eigenvalue weighted by molar-refractivity contribution is 7.12. The van der Waals surface area contributed by atoms with Gasteiger partial charge in [0, 0.05) is 5.56 Å². The zero-order valence-electron chi connectivity index (χ0n) is 8.36. The number of nitrogens with one attached hydrogen (secondary N) is 1. The number of thiophene rings is 1. The summed E-state index contributed by atoms with van der Waals surface area (Å²) in [7, 11) is 0. The average Bonchev–Trinajstić information content (AvgIpc) is 2.71. The lowest BCUT2D eigenvalue weighted by atomic mass is 10.2. The summed E-state index contributed by atoms with van der Waals surface area (Å²) in [5.74, 6) is 4.79. The summed E-state index contributed by atoms with van der Waals surface area (Å²) in [6, 6.07) is 1.86. The fourth-order valence-corrected chi connectivity index (χ4v) is 1.88. The minimum absolute atomic E-state index is 0.271. The monoisotopic (exact) mass is 226 g/mol. The van der Waals surface area contributed by atoms with Crippen LogP contribution < -0.4 is 11.3 Å². The molecule has 1 amide bonds. The van der Waals surface area contributed by atoms with Gasteiger partial charge in [-0.15, -0.1) is 17.9 Å². The van der Waals surface area contributed by atoms with Gasteiger partial charge in [-0.3, -0.25) is 10.2 Å². The second kappa shape index (κ2) is 6.34. The van der Waals surface area contributed by atoms with Crippen LogP contribution in [-0.4, -0.2) is 12.5 Å². The van der Waals surface area contributed by atoms with E-state index in [0.717, 1.165) is 12.0 Å². The van der Waals surface area contributed by atoms with Crippen molar-refractivity contribution >= 4 is 17.2 Å². The maximum absolute atomic E-state index is 11.3. The fourth-order valence-electron chi connectivity index (χ4n) is 1.06. The molecule has 15 heavy (non-hydrogen) atoms. The lowest BCUT2D eigenvalue weighted by molar-refractivity contribution is 0.0946. The van der Waals surface area contributed by atoms with Crippen LogP contribution in [0.15, 0.2) is 24.1 Å². The largest absolute Gasteiger partial charge is 0.376 e. The Morgan fingerprint density at radius 3 is 3.20 bits per heavy atom. The molecule has 0 aromatic carbocycles. The minimum atomic E-state index is -0.271. The molecule has 0 unspecified atom stereocenters. The summed E-state index contributed by atoms with van der Waals surface area (Å²) in [6.45, 7) is 4.64. The van der Waals surface area contributed by atoms with Gasteiger partial charge in [0.1, 0.15) is 0 Å². The van der Waals surface area contributed by atoms with E-state index in [2.05, 4.69) is 12.0 Å². The molecular formula is C10H14N2O2S. The summed E-state index contributed by atoms with van der Waals surface area (Å²) in [5.41, 5.74) is 2.98. The number of nitrogens with two attached hydrogens (primary N) is 1. The molecular weight excluding hydrogens is 212 g/mol. The van der Waals surface area contributed by atoms with E-state index in [1.807, 2.05) is 11.4 Å². The zero-order valence-corrected chi connectivity index (χ0v) is 9.18. The topological polar surface area (TPSA) is 64.3 Å². The van der Waals surface area contributed by atoms with Gasteiger partial charge < -0.3 is 4.74 Å². The number of hydrazine groups is 1. The van der Waals surface area contributed by atoms with Crippen molar-refractivity contribution in [2.75, 3.05) is 6.61 Å². The van der Waals surface area contributed by atoms with Crippen molar-refractivity contribution < 1.29 is 9.53 Å². The van der Waals surface area contributed by atoms with Crippen molar-refractivity contribution in [3.05, 3.63) is 34.5 Å². The van der Waals surface area contributed by atoms with Crippen LogP contribution in [0, 0.1) is 0 Å². The lowest BCUT2D eigenvalue weighted by Gasteiger charge is -2.03. The summed E-state index contributed by atoms with van der Waals surface area (Å²) in [5, 5.41) is 1.84. The Morgan fingerprint density at radius 1 is 1.73 bits per heavy atom. The predicted molar refractivity (Wildman–Crippen MR) is 60.4 cm³/mol. The van der Waals surface area contributed by atoms with E-state index >= 15 is 0 Å². The second-order valence-corrected chi connectivity index (χ2v) is 3.79.